The maximum absolute atomic E-state index is 13.0. The Morgan fingerprint density at radius 3 is 1.74 bits per heavy atom. The van der Waals surface area contributed by atoms with Gasteiger partial charge in [-0.1, -0.05) is 114 Å². The number of carbonyl (C=O) groups is 1. The van der Waals surface area contributed by atoms with E-state index in [1.807, 2.05) is 6.08 Å². The first-order chi connectivity index (χ1) is 26.2. The highest BCUT2D eigenvalue weighted by Gasteiger charge is 2.44. The van der Waals surface area contributed by atoms with Crippen LogP contribution in [0.3, 0.4) is 0 Å². The molecule has 1 aliphatic heterocycles. The summed E-state index contributed by atoms with van der Waals surface area (Å²) in [6.07, 6.45) is 25.9. The molecule has 0 bridgehead atoms. The van der Waals surface area contributed by atoms with Crippen LogP contribution in [0.2, 0.25) is 0 Å². The number of amides is 1. The van der Waals surface area contributed by atoms with Crippen LogP contribution in [0.15, 0.2) is 48.6 Å². The fraction of sp³-hybridized carbons (Fsp3) is 0.791. The maximum atomic E-state index is 13.0. The number of nitrogens with one attached hydrogen (secondary N) is 1. The molecular formula is C43H77NO10. The summed E-state index contributed by atoms with van der Waals surface area (Å²) in [4.78, 5) is 13.0. The van der Waals surface area contributed by atoms with Gasteiger partial charge in [-0.2, -0.15) is 0 Å². The summed E-state index contributed by atoms with van der Waals surface area (Å²) in [6, 6.07) is -1.19. The number of aliphatic hydroxyl groups is 7. The van der Waals surface area contributed by atoms with Crippen molar-refractivity contribution in [3.63, 3.8) is 0 Å². The van der Waals surface area contributed by atoms with Gasteiger partial charge in [0.05, 0.1) is 25.4 Å². The molecule has 1 heterocycles. The second-order valence-electron chi connectivity index (χ2n) is 14.6. The summed E-state index contributed by atoms with van der Waals surface area (Å²) in [7, 11) is 0. The molecule has 314 valence electrons. The van der Waals surface area contributed by atoms with Gasteiger partial charge in [0.1, 0.15) is 36.6 Å². The van der Waals surface area contributed by atoms with E-state index in [1.54, 1.807) is 0 Å². The van der Waals surface area contributed by atoms with Crippen LogP contribution in [0.25, 0.3) is 0 Å². The number of hydrogen-bond acceptors (Lipinski definition) is 10. The molecule has 1 amide bonds. The third-order valence-electron chi connectivity index (χ3n) is 9.82. The van der Waals surface area contributed by atoms with Crippen molar-refractivity contribution in [2.45, 2.75) is 204 Å². The average Bonchev–Trinajstić information content (AvgIpc) is 3.17. The minimum atomic E-state index is -1.67. The highest BCUT2D eigenvalue weighted by atomic mass is 16.7. The summed E-state index contributed by atoms with van der Waals surface area (Å²) < 4.78 is 11.0. The van der Waals surface area contributed by atoms with Crippen molar-refractivity contribution in [1.29, 1.82) is 0 Å². The Morgan fingerprint density at radius 1 is 0.648 bits per heavy atom. The highest BCUT2D eigenvalue weighted by Crippen LogP contribution is 2.23. The summed E-state index contributed by atoms with van der Waals surface area (Å²) in [5, 5.41) is 75.3. The molecule has 0 spiro atoms. The Morgan fingerprint density at radius 2 is 1.17 bits per heavy atom. The zero-order valence-electron chi connectivity index (χ0n) is 33.4. The van der Waals surface area contributed by atoms with Crippen LogP contribution in [0, 0.1) is 0 Å². The zero-order valence-corrected chi connectivity index (χ0v) is 33.4. The van der Waals surface area contributed by atoms with Crippen molar-refractivity contribution in [2.75, 3.05) is 13.2 Å². The lowest BCUT2D eigenvalue weighted by molar-refractivity contribution is -0.303. The number of carbonyl (C=O) groups excluding carboxylic acids is 1. The van der Waals surface area contributed by atoms with Crippen molar-refractivity contribution >= 4 is 5.91 Å². The molecule has 1 saturated heterocycles. The second kappa shape index (κ2) is 33.2. The molecule has 54 heavy (non-hydrogen) atoms. The lowest BCUT2D eigenvalue weighted by Gasteiger charge is -2.40. The van der Waals surface area contributed by atoms with Crippen LogP contribution >= 0.6 is 0 Å². The van der Waals surface area contributed by atoms with Gasteiger partial charge in [-0.05, 0) is 83.5 Å². The first-order valence-electron chi connectivity index (χ1n) is 21.0. The van der Waals surface area contributed by atoms with E-state index < -0.39 is 74.2 Å². The number of rotatable bonds is 33. The fourth-order valence-electron chi connectivity index (χ4n) is 6.30. The fourth-order valence-corrected chi connectivity index (χ4v) is 6.30. The quantitative estimate of drug-likeness (QED) is 0.0298. The van der Waals surface area contributed by atoms with Crippen LogP contribution < -0.4 is 5.32 Å². The molecule has 9 unspecified atom stereocenters. The molecular weight excluding hydrogens is 690 g/mol. The van der Waals surface area contributed by atoms with Crippen molar-refractivity contribution in [3.8, 4) is 0 Å². The number of ether oxygens (including phenoxy) is 2. The number of unbranched alkanes of at least 4 members (excludes halogenated alkanes) is 13. The topological polar surface area (TPSA) is 189 Å². The van der Waals surface area contributed by atoms with Crippen LogP contribution in [0.1, 0.15) is 149 Å². The minimum Gasteiger partial charge on any atom is -0.394 e. The van der Waals surface area contributed by atoms with Gasteiger partial charge in [-0.15, -0.1) is 0 Å². The Labute approximate surface area is 326 Å². The normalized spacial score (nSPS) is 23.2. The van der Waals surface area contributed by atoms with Crippen molar-refractivity contribution < 1.29 is 50.0 Å². The summed E-state index contributed by atoms with van der Waals surface area (Å²) in [5.41, 5.74) is 0. The number of hydrogen-bond donors (Lipinski definition) is 8. The molecule has 1 aliphatic rings. The molecule has 0 aromatic heterocycles. The molecule has 11 nitrogen and oxygen atoms in total. The molecule has 9 atom stereocenters. The number of allylic oxidation sites excluding steroid dienone is 8. The van der Waals surface area contributed by atoms with E-state index in [1.165, 1.54) is 25.7 Å². The Balaban J connectivity index is 2.56. The third kappa shape index (κ3) is 23.2. The van der Waals surface area contributed by atoms with Gasteiger partial charge in [0.2, 0.25) is 5.91 Å². The second-order valence-corrected chi connectivity index (χ2v) is 14.6. The maximum Gasteiger partial charge on any atom is 0.249 e. The lowest BCUT2D eigenvalue weighted by atomic mass is 9.98. The summed E-state index contributed by atoms with van der Waals surface area (Å²) >= 11 is 0. The standard InChI is InChI=1S/C43H77NO10/c1-3-5-7-9-11-13-15-17-19-21-23-25-27-29-31-36(47)42(52)44-34(33-53-43-41(51)40(50)39(49)37(32-45)54-43)38(48)35(46)30-28-26-24-22-20-18-16-14-12-10-8-6-4-2/h6,8,13-16,22,24,34-41,43,45-51H,3-5,7,9-12,17-21,23,25-33H2,1-2H3,(H,44,52)/b8-6+,15-13-,16-14+,24-22+. The van der Waals surface area contributed by atoms with Gasteiger partial charge in [-0.3, -0.25) is 4.79 Å². The van der Waals surface area contributed by atoms with E-state index in [9.17, 15) is 40.5 Å². The van der Waals surface area contributed by atoms with Crippen molar-refractivity contribution in [3.05, 3.63) is 48.6 Å². The van der Waals surface area contributed by atoms with Gasteiger partial charge >= 0.3 is 0 Å². The number of aliphatic hydroxyl groups excluding tert-OH is 7. The van der Waals surface area contributed by atoms with Crippen LogP contribution in [-0.4, -0.2) is 110 Å². The smallest absolute Gasteiger partial charge is 0.249 e. The van der Waals surface area contributed by atoms with Crippen molar-refractivity contribution in [2.24, 2.45) is 0 Å². The van der Waals surface area contributed by atoms with Crippen molar-refractivity contribution in [1.82, 2.24) is 5.32 Å². The monoisotopic (exact) mass is 768 g/mol. The molecule has 0 aromatic carbocycles. The van der Waals surface area contributed by atoms with E-state index in [0.29, 0.717) is 19.3 Å². The van der Waals surface area contributed by atoms with Gasteiger partial charge < -0.3 is 50.5 Å². The predicted molar refractivity (Wildman–Crippen MR) is 215 cm³/mol. The van der Waals surface area contributed by atoms with E-state index in [2.05, 4.69) is 61.7 Å². The molecule has 0 aliphatic carbocycles. The molecule has 0 aromatic rings. The summed E-state index contributed by atoms with van der Waals surface area (Å²) in [5.74, 6) is -0.723. The SMILES string of the molecule is CC/C=C/CC/C=C/CC/C=C/CCCC(O)C(O)C(COC1OC(CO)C(O)C(O)C1O)NC(=O)C(O)CCCCCCCC/C=C\CCCCCC. The van der Waals surface area contributed by atoms with Crippen LogP contribution in [0.5, 0.6) is 0 Å². The van der Waals surface area contributed by atoms with Crippen LogP contribution in [-0.2, 0) is 14.3 Å². The predicted octanol–water partition coefficient (Wildman–Crippen LogP) is 5.83. The first-order valence-corrected chi connectivity index (χ1v) is 21.0. The zero-order chi connectivity index (χ0) is 39.8. The highest BCUT2D eigenvalue weighted by molar-refractivity contribution is 5.80. The van der Waals surface area contributed by atoms with E-state index in [4.69, 9.17) is 9.47 Å². The molecule has 0 saturated carbocycles. The van der Waals surface area contributed by atoms with E-state index in [-0.39, 0.29) is 12.8 Å². The Kier molecular flexibility index (Phi) is 30.8. The lowest BCUT2D eigenvalue weighted by Crippen LogP contribution is -2.60. The van der Waals surface area contributed by atoms with Crippen LogP contribution in [0.4, 0.5) is 0 Å². The average molecular weight is 768 g/mol. The summed E-state index contributed by atoms with van der Waals surface area (Å²) in [6.45, 7) is 3.25. The third-order valence-corrected chi connectivity index (χ3v) is 9.82. The molecule has 1 fully saturated rings. The molecule has 1 rings (SSSR count). The van der Waals surface area contributed by atoms with E-state index in [0.717, 1.165) is 77.0 Å². The van der Waals surface area contributed by atoms with Gasteiger partial charge in [0, 0.05) is 0 Å². The molecule has 8 N–H and O–H groups in total. The van der Waals surface area contributed by atoms with Gasteiger partial charge in [0.25, 0.3) is 0 Å². The van der Waals surface area contributed by atoms with Gasteiger partial charge in [-0.25, -0.2) is 0 Å². The molecule has 0 radical (unpaired) electrons. The van der Waals surface area contributed by atoms with E-state index >= 15 is 0 Å². The van der Waals surface area contributed by atoms with Gasteiger partial charge in [0.15, 0.2) is 6.29 Å². The minimum absolute atomic E-state index is 0.237. The first kappa shape index (κ1) is 50.1. The largest absolute Gasteiger partial charge is 0.394 e. The Hall–Kier alpha value is -1.93. The Bertz CT molecular complexity index is 1020. The molecule has 11 heteroatoms.